The Morgan fingerprint density at radius 2 is 2.20 bits per heavy atom. The minimum Gasteiger partial charge on any atom is -0.383 e. The highest BCUT2D eigenvalue weighted by Gasteiger charge is 2.14. The lowest BCUT2D eigenvalue weighted by Gasteiger charge is -2.18. The average Bonchev–Trinajstić information content (AvgIpc) is 2.88. The molecule has 0 fully saturated rings. The molecule has 3 N–H and O–H groups in total. The molecule has 2 rings (SSSR count). The van der Waals surface area contributed by atoms with Gasteiger partial charge in [-0.2, -0.15) is 9.97 Å². The van der Waals surface area contributed by atoms with Crippen LogP contribution in [-0.4, -0.2) is 46.2 Å². The number of hydrogen-bond acceptors (Lipinski definition) is 6. The van der Waals surface area contributed by atoms with E-state index in [4.69, 9.17) is 4.74 Å². The summed E-state index contributed by atoms with van der Waals surface area (Å²) in [7, 11) is 1.71. The number of aromatic amines is 1. The average molecular weight is 278 g/mol. The smallest absolute Gasteiger partial charge is 0.226 e. The highest BCUT2D eigenvalue weighted by Crippen LogP contribution is 2.20. The van der Waals surface area contributed by atoms with Crippen molar-refractivity contribution < 1.29 is 4.74 Å². The summed E-state index contributed by atoms with van der Waals surface area (Å²) in [5.74, 6) is 1.35. The van der Waals surface area contributed by atoms with Crippen LogP contribution in [0.1, 0.15) is 26.7 Å². The SMILES string of the molecule is CCCC(COC)Nc1nc(NCC)nc2nc[nH]c12. The van der Waals surface area contributed by atoms with Gasteiger partial charge in [0.1, 0.15) is 5.52 Å². The van der Waals surface area contributed by atoms with Crippen molar-refractivity contribution in [3.63, 3.8) is 0 Å². The third-order valence-electron chi connectivity index (χ3n) is 2.97. The molecule has 0 amide bonds. The summed E-state index contributed by atoms with van der Waals surface area (Å²) in [4.78, 5) is 16.1. The zero-order valence-electron chi connectivity index (χ0n) is 12.2. The van der Waals surface area contributed by atoms with Crippen molar-refractivity contribution in [1.29, 1.82) is 0 Å². The standard InChI is InChI=1S/C13H22N6O/c1-4-6-9(7-20-3)17-12-10-11(16-8-15-10)18-13(19-12)14-5-2/h8-9H,4-7H2,1-3H3,(H3,14,15,16,17,18,19). The number of imidazole rings is 1. The molecule has 1 atom stereocenters. The molecular formula is C13H22N6O. The van der Waals surface area contributed by atoms with Gasteiger partial charge in [0.05, 0.1) is 19.0 Å². The lowest BCUT2D eigenvalue weighted by molar-refractivity contribution is 0.182. The predicted octanol–water partition coefficient (Wildman–Crippen LogP) is 2.01. The largest absolute Gasteiger partial charge is 0.383 e. The molecule has 0 radical (unpaired) electrons. The molecule has 0 aliphatic carbocycles. The highest BCUT2D eigenvalue weighted by atomic mass is 16.5. The van der Waals surface area contributed by atoms with Gasteiger partial charge in [0.2, 0.25) is 5.95 Å². The summed E-state index contributed by atoms with van der Waals surface area (Å²) in [6.07, 6.45) is 3.73. The zero-order valence-corrected chi connectivity index (χ0v) is 12.2. The third kappa shape index (κ3) is 3.36. The second kappa shape index (κ2) is 7.04. The molecule has 2 aromatic heterocycles. The van der Waals surface area contributed by atoms with Gasteiger partial charge in [0, 0.05) is 13.7 Å². The maximum atomic E-state index is 5.25. The maximum absolute atomic E-state index is 5.25. The monoisotopic (exact) mass is 278 g/mol. The fourth-order valence-corrected chi connectivity index (χ4v) is 2.11. The van der Waals surface area contributed by atoms with E-state index in [-0.39, 0.29) is 6.04 Å². The van der Waals surface area contributed by atoms with E-state index in [0.29, 0.717) is 18.2 Å². The van der Waals surface area contributed by atoms with E-state index in [2.05, 4.69) is 37.5 Å². The molecule has 2 aromatic rings. The number of nitrogens with zero attached hydrogens (tertiary/aromatic N) is 3. The Labute approximate surface area is 118 Å². The number of aromatic nitrogens is 4. The van der Waals surface area contributed by atoms with Crippen LogP contribution in [-0.2, 0) is 4.74 Å². The van der Waals surface area contributed by atoms with Gasteiger partial charge in [0.25, 0.3) is 0 Å². The fourth-order valence-electron chi connectivity index (χ4n) is 2.11. The lowest BCUT2D eigenvalue weighted by atomic mass is 10.2. The Morgan fingerprint density at radius 1 is 1.35 bits per heavy atom. The van der Waals surface area contributed by atoms with Crippen LogP contribution in [0.15, 0.2) is 6.33 Å². The van der Waals surface area contributed by atoms with Crippen molar-refractivity contribution in [3.05, 3.63) is 6.33 Å². The Balaban J connectivity index is 2.28. The quantitative estimate of drug-likeness (QED) is 0.684. The molecule has 2 heterocycles. The molecule has 110 valence electrons. The Morgan fingerprint density at radius 3 is 2.90 bits per heavy atom. The third-order valence-corrected chi connectivity index (χ3v) is 2.97. The first kappa shape index (κ1) is 14.5. The fraction of sp³-hybridized carbons (Fsp3) is 0.615. The minimum atomic E-state index is 0.223. The summed E-state index contributed by atoms with van der Waals surface area (Å²) >= 11 is 0. The van der Waals surface area contributed by atoms with Crippen LogP contribution in [0.5, 0.6) is 0 Å². The van der Waals surface area contributed by atoms with E-state index >= 15 is 0 Å². The summed E-state index contributed by atoms with van der Waals surface area (Å²) in [6, 6.07) is 0.223. The van der Waals surface area contributed by atoms with E-state index in [0.717, 1.165) is 30.7 Å². The molecule has 0 saturated carbocycles. The number of anilines is 2. The van der Waals surface area contributed by atoms with Crippen LogP contribution in [0.3, 0.4) is 0 Å². The molecule has 7 heteroatoms. The van der Waals surface area contributed by atoms with Crippen LogP contribution < -0.4 is 10.6 Å². The van der Waals surface area contributed by atoms with Crippen molar-refractivity contribution in [2.75, 3.05) is 30.9 Å². The maximum Gasteiger partial charge on any atom is 0.226 e. The van der Waals surface area contributed by atoms with E-state index in [1.807, 2.05) is 6.92 Å². The van der Waals surface area contributed by atoms with E-state index in [1.165, 1.54) is 0 Å². The molecular weight excluding hydrogens is 256 g/mol. The topological polar surface area (TPSA) is 87.8 Å². The summed E-state index contributed by atoms with van der Waals surface area (Å²) < 4.78 is 5.25. The number of fused-ring (bicyclic) bond motifs is 1. The van der Waals surface area contributed by atoms with Crippen LogP contribution in [0.25, 0.3) is 11.2 Å². The molecule has 0 saturated heterocycles. The first-order chi connectivity index (χ1) is 9.78. The van der Waals surface area contributed by atoms with Gasteiger partial charge < -0.3 is 20.4 Å². The van der Waals surface area contributed by atoms with Crippen LogP contribution in [0.2, 0.25) is 0 Å². The van der Waals surface area contributed by atoms with Crippen molar-refractivity contribution >= 4 is 22.9 Å². The van der Waals surface area contributed by atoms with Gasteiger partial charge in [-0.25, -0.2) is 4.98 Å². The van der Waals surface area contributed by atoms with Crippen molar-refractivity contribution in [2.24, 2.45) is 0 Å². The molecule has 0 aliphatic rings. The summed E-state index contributed by atoms with van der Waals surface area (Å²) in [6.45, 7) is 5.58. The van der Waals surface area contributed by atoms with Gasteiger partial charge in [-0.05, 0) is 13.3 Å². The minimum absolute atomic E-state index is 0.223. The van der Waals surface area contributed by atoms with Crippen LogP contribution >= 0.6 is 0 Å². The number of methoxy groups -OCH3 is 1. The Hall–Kier alpha value is -1.89. The molecule has 20 heavy (non-hydrogen) atoms. The van der Waals surface area contributed by atoms with Crippen molar-refractivity contribution in [2.45, 2.75) is 32.7 Å². The molecule has 0 spiro atoms. The number of hydrogen-bond donors (Lipinski definition) is 3. The van der Waals surface area contributed by atoms with Gasteiger partial charge in [-0.1, -0.05) is 13.3 Å². The molecule has 0 bridgehead atoms. The summed E-state index contributed by atoms with van der Waals surface area (Å²) in [5, 5.41) is 6.54. The number of nitrogens with one attached hydrogen (secondary N) is 3. The molecule has 7 nitrogen and oxygen atoms in total. The van der Waals surface area contributed by atoms with Gasteiger partial charge in [-0.15, -0.1) is 0 Å². The van der Waals surface area contributed by atoms with E-state index < -0.39 is 0 Å². The second-order valence-corrected chi connectivity index (χ2v) is 4.61. The van der Waals surface area contributed by atoms with E-state index in [9.17, 15) is 0 Å². The van der Waals surface area contributed by atoms with Gasteiger partial charge in [0.15, 0.2) is 11.5 Å². The Bertz CT molecular complexity index is 535. The Kier molecular flexibility index (Phi) is 5.11. The van der Waals surface area contributed by atoms with Crippen LogP contribution in [0, 0.1) is 0 Å². The van der Waals surface area contributed by atoms with Crippen molar-refractivity contribution in [1.82, 2.24) is 19.9 Å². The normalized spacial score (nSPS) is 12.6. The summed E-state index contributed by atoms with van der Waals surface area (Å²) in [5.41, 5.74) is 1.48. The lowest BCUT2D eigenvalue weighted by Crippen LogP contribution is -2.25. The number of H-pyrrole nitrogens is 1. The first-order valence-electron chi connectivity index (χ1n) is 6.98. The molecule has 0 aromatic carbocycles. The molecule has 1 unspecified atom stereocenters. The first-order valence-corrected chi connectivity index (χ1v) is 6.98. The predicted molar refractivity (Wildman–Crippen MR) is 80.0 cm³/mol. The van der Waals surface area contributed by atoms with Crippen molar-refractivity contribution in [3.8, 4) is 0 Å². The second-order valence-electron chi connectivity index (χ2n) is 4.61. The molecule has 0 aliphatic heterocycles. The van der Waals surface area contributed by atoms with Gasteiger partial charge in [-0.3, -0.25) is 0 Å². The zero-order chi connectivity index (χ0) is 14.4. The van der Waals surface area contributed by atoms with Crippen LogP contribution in [0.4, 0.5) is 11.8 Å². The number of ether oxygens (including phenoxy) is 1. The van der Waals surface area contributed by atoms with E-state index in [1.54, 1.807) is 13.4 Å². The van der Waals surface area contributed by atoms with Gasteiger partial charge >= 0.3 is 0 Å². The number of rotatable bonds is 8. The highest BCUT2D eigenvalue weighted by molar-refractivity contribution is 5.83.